The number of hydrogen-bond donors (Lipinski definition) is 2. The Bertz CT molecular complexity index is 897. The second-order valence-electron chi connectivity index (χ2n) is 5.94. The molecule has 5 heteroatoms. The van der Waals surface area contributed by atoms with Gasteiger partial charge in [0, 0.05) is 23.5 Å². The molecular weight excluding hydrogens is 340 g/mol. The summed E-state index contributed by atoms with van der Waals surface area (Å²) in [7, 11) is 3.21. The maximum Gasteiger partial charge on any atom is 0.251 e. The van der Waals surface area contributed by atoms with E-state index in [1.165, 1.54) is 0 Å². The molecule has 0 saturated carbocycles. The molecule has 0 spiro atoms. The molecule has 27 heavy (non-hydrogen) atoms. The molecule has 1 amide bonds. The molecule has 3 rings (SSSR count). The van der Waals surface area contributed by atoms with Gasteiger partial charge >= 0.3 is 0 Å². The minimum atomic E-state index is -0.565. The fourth-order valence-corrected chi connectivity index (χ4v) is 2.74. The van der Waals surface area contributed by atoms with Crippen LogP contribution in [-0.4, -0.2) is 20.1 Å². The summed E-state index contributed by atoms with van der Waals surface area (Å²) in [5.41, 5.74) is 2.33. The van der Waals surface area contributed by atoms with Crippen molar-refractivity contribution < 1.29 is 14.3 Å². The van der Waals surface area contributed by atoms with Gasteiger partial charge in [-0.15, -0.1) is 0 Å². The third kappa shape index (κ3) is 4.79. The maximum atomic E-state index is 13.0. The minimum absolute atomic E-state index is 0.169. The number of nitrogens with one attached hydrogen (secondary N) is 2. The third-order valence-corrected chi connectivity index (χ3v) is 4.11. The lowest BCUT2D eigenvalue weighted by Crippen LogP contribution is -2.27. The Labute approximate surface area is 158 Å². The second-order valence-corrected chi connectivity index (χ2v) is 5.94. The van der Waals surface area contributed by atoms with Crippen LogP contribution in [0.1, 0.15) is 11.6 Å². The van der Waals surface area contributed by atoms with Crippen molar-refractivity contribution in [3.8, 4) is 11.5 Å². The van der Waals surface area contributed by atoms with Crippen molar-refractivity contribution in [1.29, 1.82) is 0 Å². The fourth-order valence-electron chi connectivity index (χ4n) is 2.74. The summed E-state index contributed by atoms with van der Waals surface area (Å²) < 4.78 is 10.5. The standard InChI is InChI=1S/C22H22N2O3/c1-26-19-12-6-10-17(14-19)23-21(16-8-4-3-5-9-16)22(25)24-18-11-7-13-20(15-18)27-2/h3-15,21,23H,1-2H3,(H,24,25)/t21-/m0/s1. The number of carbonyl (C=O) groups is 1. The van der Waals surface area contributed by atoms with Gasteiger partial charge in [-0.3, -0.25) is 4.79 Å². The zero-order valence-corrected chi connectivity index (χ0v) is 15.3. The van der Waals surface area contributed by atoms with E-state index >= 15 is 0 Å². The molecule has 3 aromatic rings. The van der Waals surface area contributed by atoms with Crippen LogP contribution in [0.25, 0.3) is 0 Å². The third-order valence-electron chi connectivity index (χ3n) is 4.11. The first kappa shape index (κ1) is 18.3. The Kier molecular flexibility index (Phi) is 5.94. The summed E-state index contributed by atoms with van der Waals surface area (Å²) in [4.78, 5) is 13.0. The number of rotatable bonds is 7. The molecular formula is C22H22N2O3. The van der Waals surface area contributed by atoms with E-state index in [0.717, 1.165) is 17.0 Å². The second kappa shape index (κ2) is 8.76. The van der Waals surface area contributed by atoms with Gasteiger partial charge in [0.2, 0.25) is 0 Å². The van der Waals surface area contributed by atoms with Crippen LogP contribution in [0.15, 0.2) is 78.9 Å². The molecule has 3 aromatic carbocycles. The van der Waals surface area contributed by atoms with Gasteiger partial charge in [-0.05, 0) is 29.8 Å². The minimum Gasteiger partial charge on any atom is -0.497 e. The predicted molar refractivity (Wildman–Crippen MR) is 107 cm³/mol. The van der Waals surface area contributed by atoms with E-state index in [9.17, 15) is 4.79 Å². The lowest BCUT2D eigenvalue weighted by molar-refractivity contribution is -0.117. The van der Waals surface area contributed by atoms with Gasteiger partial charge in [0.25, 0.3) is 5.91 Å². The highest BCUT2D eigenvalue weighted by Gasteiger charge is 2.21. The van der Waals surface area contributed by atoms with Gasteiger partial charge in [0.15, 0.2) is 0 Å². The summed E-state index contributed by atoms with van der Waals surface area (Å²) in [6.07, 6.45) is 0. The summed E-state index contributed by atoms with van der Waals surface area (Å²) in [6.45, 7) is 0. The summed E-state index contributed by atoms with van der Waals surface area (Å²) in [5.74, 6) is 1.24. The van der Waals surface area contributed by atoms with Gasteiger partial charge in [-0.1, -0.05) is 42.5 Å². The molecule has 2 N–H and O–H groups in total. The molecule has 0 saturated heterocycles. The number of methoxy groups -OCH3 is 2. The molecule has 1 atom stereocenters. The van der Waals surface area contributed by atoms with Crippen LogP contribution in [-0.2, 0) is 4.79 Å². The molecule has 0 bridgehead atoms. The highest BCUT2D eigenvalue weighted by Crippen LogP contribution is 2.25. The van der Waals surface area contributed by atoms with Crippen LogP contribution in [0.5, 0.6) is 11.5 Å². The van der Waals surface area contributed by atoms with Crippen molar-refractivity contribution in [3.63, 3.8) is 0 Å². The van der Waals surface area contributed by atoms with Gasteiger partial charge < -0.3 is 20.1 Å². The Morgan fingerprint density at radius 1 is 0.778 bits per heavy atom. The smallest absolute Gasteiger partial charge is 0.251 e. The molecule has 0 aliphatic carbocycles. The Morgan fingerprint density at radius 3 is 2.00 bits per heavy atom. The molecule has 0 unspecified atom stereocenters. The first-order valence-corrected chi connectivity index (χ1v) is 8.60. The Morgan fingerprint density at radius 2 is 1.37 bits per heavy atom. The topological polar surface area (TPSA) is 59.6 Å². The van der Waals surface area contributed by atoms with Crippen LogP contribution in [0, 0.1) is 0 Å². The number of anilines is 2. The molecule has 138 valence electrons. The normalized spacial score (nSPS) is 11.3. The lowest BCUT2D eigenvalue weighted by Gasteiger charge is -2.20. The molecule has 5 nitrogen and oxygen atoms in total. The highest BCUT2D eigenvalue weighted by atomic mass is 16.5. The molecule has 0 aromatic heterocycles. The predicted octanol–water partition coefficient (Wildman–Crippen LogP) is 4.50. The van der Waals surface area contributed by atoms with Crippen molar-refractivity contribution in [2.45, 2.75) is 6.04 Å². The highest BCUT2D eigenvalue weighted by molar-refractivity contribution is 5.97. The van der Waals surface area contributed by atoms with E-state index in [4.69, 9.17) is 9.47 Å². The van der Waals surface area contributed by atoms with E-state index in [2.05, 4.69) is 10.6 Å². The van der Waals surface area contributed by atoms with Gasteiger partial charge in [-0.2, -0.15) is 0 Å². The van der Waals surface area contributed by atoms with Crippen molar-refractivity contribution in [2.24, 2.45) is 0 Å². The quantitative estimate of drug-likeness (QED) is 0.650. The summed E-state index contributed by atoms with van der Waals surface area (Å²) in [6, 6.07) is 23.8. The molecule has 0 heterocycles. The van der Waals surface area contributed by atoms with Crippen LogP contribution in [0.3, 0.4) is 0 Å². The van der Waals surface area contributed by atoms with E-state index in [1.54, 1.807) is 20.3 Å². The average molecular weight is 362 g/mol. The van der Waals surface area contributed by atoms with E-state index < -0.39 is 6.04 Å². The maximum absolute atomic E-state index is 13.0. The van der Waals surface area contributed by atoms with Crippen LogP contribution < -0.4 is 20.1 Å². The molecule has 0 aliphatic heterocycles. The van der Waals surface area contributed by atoms with Crippen molar-refractivity contribution >= 4 is 17.3 Å². The molecule has 0 aliphatic rings. The van der Waals surface area contributed by atoms with Crippen LogP contribution >= 0.6 is 0 Å². The number of hydrogen-bond acceptors (Lipinski definition) is 4. The van der Waals surface area contributed by atoms with Gasteiger partial charge in [0.1, 0.15) is 17.5 Å². The van der Waals surface area contributed by atoms with Gasteiger partial charge in [0.05, 0.1) is 14.2 Å². The summed E-state index contributed by atoms with van der Waals surface area (Å²) >= 11 is 0. The number of benzene rings is 3. The first-order valence-electron chi connectivity index (χ1n) is 8.60. The Hall–Kier alpha value is -3.47. The van der Waals surface area contributed by atoms with Gasteiger partial charge in [-0.25, -0.2) is 0 Å². The fraction of sp³-hybridized carbons (Fsp3) is 0.136. The van der Waals surface area contributed by atoms with E-state index in [-0.39, 0.29) is 5.91 Å². The molecule has 0 fully saturated rings. The largest absolute Gasteiger partial charge is 0.497 e. The van der Waals surface area contributed by atoms with Crippen molar-refractivity contribution in [3.05, 3.63) is 84.4 Å². The summed E-state index contributed by atoms with van der Waals surface area (Å²) in [5, 5.41) is 6.25. The van der Waals surface area contributed by atoms with E-state index in [1.807, 2.05) is 72.8 Å². The number of amides is 1. The molecule has 0 radical (unpaired) electrons. The van der Waals surface area contributed by atoms with Crippen molar-refractivity contribution in [2.75, 3.05) is 24.9 Å². The van der Waals surface area contributed by atoms with Crippen LogP contribution in [0.2, 0.25) is 0 Å². The van der Waals surface area contributed by atoms with Crippen LogP contribution in [0.4, 0.5) is 11.4 Å². The first-order chi connectivity index (χ1) is 13.2. The van der Waals surface area contributed by atoms with Crippen molar-refractivity contribution in [1.82, 2.24) is 0 Å². The SMILES string of the molecule is COc1cccc(NC(=O)[C@@H](Nc2cccc(OC)c2)c2ccccc2)c1. The number of ether oxygens (including phenoxy) is 2. The van der Waals surface area contributed by atoms with E-state index in [0.29, 0.717) is 11.4 Å². The lowest BCUT2D eigenvalue weighted by atomic mass is 10.1. The average Bonchev–Trinajstić information content (AvgIpc) is 2.73. The zero-order chi connectivity index (χ0) is 19.1. The number of carbonyl (C=O) groups excluding carboxylic acids is 1. The zero-order valence-electron chi connectivity index (χ0n) is 15.3. The Balaban J connectivity index is 1.86. The monoisotopic (exact) mass is 362 g/mol.